The van der Waals surface area contributed by atoms with Gasteiger partial charge >= 0.3 is 0 Å². The number of carbonyl (C=O) groups excluding carboxylic acids is 1. The van der Waals surface area contributed by atoms with E-state index >= 15 is 0 Å². The first-order valence-corrected chi connectivity index (χ1v) is 6.41. The van der Waals surface area contributed by atoms with E-state index in [4.69, 9.17) is 5.11 Å². The van der Waals surface area contributed by atoms with Crippen molar-refractivity contribution in [2.75, 3.05) is 19.7 Å². The Morgan fingerprint density at radius 2 is 2.05 bits per heavy atom. The number of halogens is 2. The Kier molecular flexibility index (Phi) is 4.99. The molecule has 0 saturated heterocycles. The quantitative estimate of drug-likeness (QED) is 0.853. The van der Waals surface area contributed by atoms with E-state index in [9.17, 15) is 13.6 Å². The number of benzene rings is 1. The minimum Gasteiger partial charge on any atom is -0.395 e. The standard InChI is InChI=1S/C14H15F2N3O2/c15-13(16)9-19(6-7-20)14(21)12-8-11(17-18-12)10-4-2-1-3-5-10/h1-5,8,13,20H,6-7,9H2,(H,17,18). The molecule has 5 nitrogen and oxygen atoms in total. The molecule has 112 valence electrons. The molecule has 1 amide bonds. The van der Waals surface area contributed by atoms with Crippen molar-refractivity contribution in [1.82, 2.24) is 15.1 Å². The molecule has 0 spiro atoms. The Labute approximate surface area is 120 Å². The summed E-state index contributed by atoms with van der Waals surface area (Å²) < 4.78 is 24.9. The average molecular weight is 295 g/mol. The van der Waals surface area contributed by atoms with Crippen LogP contribution in [0.4, 0.5) is 8.78 Å². The Hall–Kier alpha value is -2.28. The molecule has 2 rings (SSSR count). The molecule has 0 aliphatic rings. The van der Waals surface area contributed by atoms with Crippen LogP contribution in [0, 0.1) is 0 Å². The molecule has 21 heavy (non-hydrogen) atoms. The van der Waals surface area contributed by atoms with Gasteiger partial charge in [0.15, 0.2) is 0 Å². The number of carbonyl (C=O) groups is 1. The van der Waals surface area contributed by atoms with Gasteiger partial charge in [-0.05, 0) is 6.07 Å². The molecule has 1 heterocycles. The SMILES string of the molecule is O=C(c1cc(-c2ccccc2)n[nH]1)N(CCO)CC(F)F. The van der Waals surface area contributed by atoms with Crippen molar-refractivity contribution in [1.29, 1.82) is 0 Å². The van der Waals surface area contributed by atoms with Crippen molar-refractivity contribution in [3.63, 3.8) is 0 Å². The van der Waals surface area contributed by atoms with Gasteiger partial charge in [0.25, 0.3) is 12.3 Å². The summed E-state index contributed by atoms with van der Waals surface area (Å²) in [4.78, 5) is 13.0. The summed E-state index contributed by atoms with van der Waals surface area (Å²) in [6.45, 7) is -1.25. The van der Waals surface area contributed by atoms with E-state index in [2.05, 4.69) is 10.2 Å². The number of nitrogens with zero attached hydrogens (tertiary/aromatic N) is 2. The lowest BCUT2D eigenvalue weighted by atomic mass is 10.1. The third-order valence-electron chi connectivity index (χ3n) is 2.89. The van der Waals surface area contributed by atoms with E-state index < -0.39 is 18.9 Å². The van der Waals surface area contributed by atoms with Crippen molar-refractivity contribution in [2.45, 2.75) is 6.43 Å². The van der Waals surface area contributed by atoms with Crippen LogP contribution in [0.3, 0.4) is 0 Å². The van der Waals surface area contributed by atoms with Crippen LogP contribution in [0.25, 0.3) is 11.3 Å². The van der Waals surface area contributed by atoms with Crippen molar-refractivity contribution in [3.8, 4) is 11.3 Å². The Morgan fingerprint density at radius 3 is 2.67 bits per heavy atom. The third kappa shape index (κ3) is 3.85. The molecule has 0 aliphatic carbocycles. The lowest BCUT2D eigenvalue weighted by molar-refractivity contribution is 0.0504. The van der Waals surface area contributed by atoms with Crippen LogP contribution in [-0.2, 0) is 0 Å². The molecular weight excluding hydrogens is 280 g/mol. The molecule has 0 radical (unpaired) electrons. The number of aliphatic hydroxyl groups is 1. The van der Waals surface area contributed by atoms with Gasteiger partial charge in [0, 0.05) is 12.1 Å². The predicted molar refractivity (Wildman–Crippen MR) is 73.0 cm³/mol. The molecule has 2 aromatic rings. The first-order chi connectivity index (χ1) is 10.1. The smallest absolute Gasteiger partial charge is 0.272 e. The number of aliphatic hydroxyl groups excluding tert-OH is 1. The maximum atomic E-state index is 12.5. The number of aromatic nitrogens is 2. The Morgan fingerprint density at radius 1 is 1.33 bits per heavy atom. The largest absolute Gasteiger partial charge is 0.395 e. The summed E-state index contributed by atoms with van der Waals surface area (Å²) in [7, 11) is 0. The summed E-state index contributed by atoms with van der Waals surface area (Å²) in [5, 5.41) is 15.4. The molecule has 0 bridgehead atoms. The summed E-state index contributed by atoms with van der Waals surface area (Å²) in [5.74, 6) is -0.612. The van der Waals surface area contributed by atoms with Crippen molar-refractivity contribution in [2.24, 2.45) is 0 Å². The second kappa shape index (κ2) is 6.94. The molecule has 2 N–H and O–H groups in total. The van der Waals surface area contributed by atoms with Gasteiger partial charge in [-0.3, -0.25) is 9.89 Å². The van der Waals surface area contributed by atoms with E-state index in [-0.39, 0.29) is 18.8 Å². The zero-order valence-electron chi connectivity index (χ0n) is 11.2. The van der Waals surface area contributed by atoms with E-state index in [1.165, 1.54) is 6.07 Å². The first-order valence-electron chi connectivity index (χ1n) is 6.41. The normalized spacial score (nSPS) is 10.9. The van der Waals surface area contributed by atoms with Gasteiger partial charge in [-0.15, -0.1) is 0 Å². The monoisotopic (exact) mass is 295 g/mol. The fraction of sp³-hybridized carbons (Fsp3) is 0.286. The lowest BCUT2D eigenvalue weighted by Gasteiger charge is -2.20. The van der Waals surface area contributed by atoms with Crippen LogP contribution in [-0.4, -0.2) is 52.2 Å². The summed E-state index contributed by atoms with van der Waals surface area (Å²) >= 11 is 0. The maximum absolute atomic E-state index is 12.5. The van der Waals surface area contributed by atoms with Crippen LogP contribution in [0.15, 0.2) is 36.4 Å². The van der Waals surface area contributed by atoms with Gasteiger partial charge < -0.3 is 10.0 Å². The van der Waals surface area contributed by atoms with Crippen LogP contribution in [0.5, 0.6) is 0 Å². The minimum absolute atomic E-state index is 0.114. The third-order valence-corrected chi connectivity index (χ3v) is 2.89. The minimum atomic E-state index is -2.66. The van der Waals surface area contributed by atoms with E-state index in [1.807, 2.05) is 30.3 Å². The summed E-state index contributed by atoms with van der Waals surface area (Å²) in [5.41, 5.74) is 1.48. The number of hydrogen-bond acceptors (Lipinski definition) is 3. The van der Waals surface area contributed by atoms with Crippen LogP contribution in [0.2, 0.25) is 0 Å². The number of aromatic amines is 1. The van der Waals surface area contributed by atoms with Crippen LogP contribution >= 0.6 is 0 Å². The molecule has 0 fully saturated rings. The Bertz CT molecular complexity index is 587. The second-order valence-electron chi connectivity index (χ2n) is 4.40. The molecule has 1 aromatic heterocycles. The number of hydrogen-bond donors (Lipinski definition) is 2. The molecular formula is C14H15F2N3O2. The zero-order valence-corrected chi connectivity index (χ0v) is 11.2. The van der Waals surface area contributed by atoms with Crippen molar-refractivity contribution < 1.29 is 18.7 Å². The fourth-order valence-electron chi connectivity index (χ4n) is 1.92. The zero-order chi connectivity index (χ0) is 15.2. The van der Waals surface area contributed by atoms with Gasteiger partial charge in [0.1, 0.15) is 5.69 Å². The van der Waals surface area contributed by atoms with Crippen molar-refractivity contribution >= 4 is 5.91 Å². The first kappa shape index (κ1) is 15.1. The predicted octanol–water partition coefficient (Wildman–Crippen LogP) is 1.78. The number of nitrogens with one attached hydrogen (secondary N) is 1. The van der Waals surface area contributed by atoms with Gasteiger partial charge in [0.05, 0.1) is 18.8 Å². The average Bonchev–Trinajstić information content (AvgIpc) is 2.96. The van der Waals surface area contributed by atoms with Crippen LogP contribution < -0.4 is 0 Å². The van der Waals surface area contributed by atoms with Gasteiger partial charge in [-0.25, -0.2) is 8.78 Å². The van der Waals surface area contributed by atoms with Gasteiger partial charge in [-0.1, -0.05) is 30.3 Å². The molecule has 7 heteroatoms. The number of H-pyrrole nitrogens is 1. The fourth-order valence-corrected chi connectivity index (χ4v) is 1.92. The highest BCUT2D eigenvalue weighted by Gasteiger charge is 2.21. The highest BCUT2D eigenvalue weighted by Crippen LogP contribution is 2.17. The number of amides is 1. The number of rotatable bonds is 6. The van der Waals surface area contributed by atoms with Gasteiger partial charge in [0.2, 0.25) is 0 Å². The maximum Gasteiger partial charge on any atom is 0.272 e. The number of alkyl halides is 2. The lowest BCUT2D eigenvalue weighted by Crippen LogP contribution is -2.37. The van der Waals surface area contributed by atoms with Crippen LogP contribution in [0.1, 0.15) is 10.5 Å². The second-order valence-corrected chi connectivity index (χ2v) is 4.40. The molecule has 0 atom stereocenters. The topological polar surface area (TPSA) is 69.2 Å². The van der Waals surface area contributed by atoms with Crippen molar-refractivity contribution in [3.05, 3.63) is 42.1 Å². The van der Waals surface area contributed by atoms with E-state index in [0.29, 0.717) is 5.69 Å². The van der Waals surface area contributed by atoms with E-state index in [1.54, 1.807) is 0 Å². The van der Waals surface area contributed by atoms with Gasteiger partial charge in [-0.2, -0.15) is 5.10 Å². The highest BCUT2D eigenvalue weighted by molar-refractivity contribution is 5.93. The molecule has 0 saturated carbocycles. The Balaban J connectivity index is 2.17. The summed E-state index contributed by atoms with van der Waals surface area (Å²) in [6.07, 6.45) is -2.66. The molecule has 0 aliphatic heterocycles. The summed E-state index contributed by atoms with van der Waals surface area (Å²) in [6, 6.07) is 10.7. The highest BCUT2D eigenvalue weighted by atomic mass is 19.3. The van der Waals surface area contributed by atoms with E-state index in [0.717, 1.165) is 10.5 Å². The molecule has 0 unspecified atom stereocenters. The molecule has 1 aromatic carbocycles.